The fraction of sp³-hybridized carbons (Fsp3) is 0.125. The topological polar surface area (TPSA) is 62.8 Å². The Morgan fingerprint density at radius 3 is 2.70 bits per heavy atom. The first-order valence-electron chi connectivity index (χ1n) is 6.63. The first kappa shape index (κ1) is 17.0. The van der Waals surface area contributed by atoms with E-state index in [-0.39, 0.29) is 11.4 Å². The number of nitrogens with one attached hydrogen (secondary N) is 1. The van der Waals surface area contributed by atoms with Gasteiger partial charge in [0.15, 0.2) is 0 Å². The van der Waals surface area contributed by atoms with Crippen LogP contribution < -0.4 is 5.73 Å². The summed E-state index contributed by atoms with van der Waals surface area (Å²) in [4.78, 5) is 6.01. The molecule has 0 unspecified atom stereocenters. The van der Waals surface area contributed by atoms with Gasteiger partial charge >= 0.3 is 6.18 Å². The van der Waals surface area contributed by atoms with Crippen molar-refractivity contribution >= 4 is 28.8 Å². The van der Waals surface area contributed by atoms with Gasteiger partial charge in [-0.05, 0) is 48.9 Å². The van der Waals surface area contributed by atoms with Crippen LogP contribution in [-0.4, -0.2) is 16.9 Å². The van der Waals surface area contributed by atoms with Gasteiger partial charge in [-0.15, -0.1) is 11.3 Å². The molecule has 0 amide bonds. The third-order valence-corrected chi connectivity index (χ3v) is 4.00. The molecular weight excluding hydrogens is 323 g/mol. The number of allylic oxidation sites excluding steroid dienone is 2. The molecule has 0 atom stereocenters. The van der Waals surface area contributed by atoms with E-state index >= 15 is 0 Å². The van der Waals surface area contributed by atoms with Crippen LogP contribution in [0.3, 0.4) is 0 Å². The van der Waals surface area contributed by atoms with Crippen molar-refractivity contribution in [1.82, 2.24) is 4.98 Å². The highest BCUT2D eigenvalue weighted by atomic mass is 32.1. The Morgan fingerprint density at radius 1 is 1.30 bits per heavy atom. The molecule has 0 spiro atoms. The van der Waals surface area contributed by atoms with E-state index in [1.165, 1.54) is 6.20 Å². The zero-order valence-corrected chi connectivity index (χ0v) is 13.0. The van der Waals surface area contributed by atoms with E-state index in [4.69, 9.17) is 11.1 Å². The maximum atomic E-state index is 12.4. The second-order valence-electron chi connectivity index (χ2n) is 4.64. The SMILES string of the molecule is C/C=C/c1ccc(-c2ccnc(/C(N)=C/C(=N)C(F)(F)F)c2)s1. The number of pyridine rings is 1. The van der Waals surface area contributed by atoms with Crippen LogP contribution in [0, 0.1) is 5.41 Å². The first-order chi connectivity index (χ1) is 10.8. The molecule has 23 heavy (non-hydrogen) atoms. The highest BCUT2D eigenvalue weighted by Crippen LogP contribution is 2.29. The second kappa shape index (κ2) is 6.78. The van der Waals surface area contributed by atoms with Crippen LogP contribution in [0.1, 0.15) is 17.5 Å². The summed E-state index contributed by atoms with van der Waals surface area (Å²) >= 11 is 1.55. The summed E-state index contributed by atoms with van der Waals surface area (Å²) in [5, 5.41) is 6.97. The van der Waals surface area contributed by atoms with Crippen molar-refractivity contribution < 1.29 is 13.2 Å². The van der Waals surface area contributed by atoms with Crippen molar-refractivity contribution in [3.8, 4) is 10.4 Å². The minimum Gasteiger partial charge on any atom is -0.397 e. The minimum absolute atomic E-state index is 0.195. The normalized spacial score (nSPS) is 12.8. The largest absolute Gasteiger partial charge is 0.432 e. The Morgan fingerprint density at radius 2 is 2.04 bits per heavy atom. The highest BCUT2D eigenvalue weighted by Gasteiger charge is 2.32. The lowest BCUT2D eigenvalue weighted by Crippen LogP contribution is -2.20. The molecule has 2 aromatic rings. The maximum Gasteiger partial charge on any atom is 0.432 e. The van der Waals surface area contributed by atoms with Gasteiger partial charge in [0.2, 0.25) is 0 Å². The van der Waals surface area contributed by atoms with Gasteiger partial charge in [0, 0.05) is 16.0 Å². The van der Waals surface area contributed by atoms with Gasteiger partial charge in [0.05, 0.1) is 11.4 Å². The molecule has 2 heterocycles. The highest BCUT2D eigenvalue weighted by molar-refractivity contribution is 7.16. The number of alkyl halides is 3. The van der Waals surface area contributed by atoms with E-state index in [1.807, 2.05) is 31.2 Å². The number of aromatic nitrogens is 1. The average molecular weight is 337 g/mol. The summed E-state index contributed by atoms with van der Waals surface area (Å²) in [5.74, 6) is 0. The van der Waals surface area contributed by atoms with Crippen molar-refractivity contribution in [3.05, 3.63) is 53.2 Å². The molecule has 3 nitrogen and oxygen atoms in total. The summed E-state index contributed by atoms with van der Waals surface area (Å²) in [7, 11) is 0. The predicted molar refractivity (Wildman–Crippen MR) is 88.2 cm³/mol. The smallest absolute Gasteiger partial charge is 0.397 e. The van der Waals surface area contributed by atoms with E-state index in [9.17, 15) is 13.2 Å². The van der Waals surface area contributed by atoms with Crippen molar-refractivity contribution in [3.63, 3.8) is 0 Å². The standard InChI is InChI=1S/C16H14F3N3S/c1-2-3-11-4-5-14(23-11)10-6-7-22-13(8-10)12(20)9-15(21)16(17,18)19/h2-9,21H,20H2,1H3/b3-2+,12-9-,21-15?. The Hall–Kier alpha value is -2.41. The van der Waals surface area contributed by atoms with Crippen LogP contribution in [0.5, 0.6) is 0 Å². The van der Waals surface area contributed by atoms with Crippen LogP contribution >= 0.6 is 11.3 Å². The molecule has 0 aliphatic heterocycles. The number of halogens is 3. The van der Waals surface area contributed by atoms with E-state index < -0.39 is 11.9 Å². The number of thiophene rings is 1. The zero-order chi connectivity index (χ0) is 17.0. The fourth-order valence-electron chi connectivity index (χ4n) is 1.81. The van der Waals surface area contributed by atoms with Crippen molar-refractivity contribution in [2.24, 2.45) is 5.73 Å². The van der Waals surface area contributed by atoms with Gasteiger partial charge in [0.25, 0.3) is 0 Å². The van der Waals surface area contributed by atoms with Crippen LogP contribution in [0.2, 0.25) is 0 Å². The molecule has 7 heteroatoms. The van der Waals surface area contributed by atoms with Crippen LogP contribution in [0.4, 0.5) is 13.2 Å². The van der Waals surface area contributed by atoms with Gasteiger partial charge in [0.1, 0.15) is 5.71 Å². The number of nitrogens with zero attached hydrogens (tertiary/aromatic N) is 1. The van der Waals surface area contributed by atoms with Gasteiger partial charge in [-0.1, -0.05) is 6.08 Å². The lowest BCUT2D eigenvalue weighted by Gasteiger charge is -2.06. The summed E-state index contributed by atoms with van der Waals surface area (Å²) in [6, 6.07) is 7.26. The molecule has 0 radical (unpaired) electrons. The summed E-state index contributed by atoms with van der Waals surface area (Å²) in [5.41, 5.74) is 4.96. The summed E-state index contributed by atoms with van der Waals surface area (Å²) < 4.78 is 37.2. The number of rotatable bonds is 4. The monoisotopic (exact) mass is 337 g/mol. The van der Waals surface area contributed by atoms with E-state index in [0.717, 1.165) is 15.3 Å². The molecule has 0 aliphatic rings. The number of hydrogen-bond acceptors (Lipinski definition) is 4. The van der Waals surface area contributed by atoms with Gasteiger partial charge in [-0.25, -0.2) is 0 Å². The Kier molecular flexibility index (Phi) is 5.00. The molecule has 0 saturated carbocycles. The Bertz CT molecular complexity index is 773. The predicted octanol–water partition coefficient (Wildman–Crippen LogP) is 4.72. The number of nitrogens with two attached hydrogens (primary N) is 1. The van der Waals surface area contributed by atoms with E-state index in [2.05, 4.69) is 4.98 Å². The van der Waals surface area contributed by atoms with Gasteiger partial charge < -0.3 is 5.73 Å². The van der Waals surface area contributed by atoms with Crippen LogP contribution in [0.25, 0.3) is 22.2 Å². The van der Waals surface area contributed by atoms with Gasteiger partial charge in [-0.2, -0.15) is 13.2 Å². The second-order valence-corrected chi connectivity index (χ2v) is 5.76. The van der Waals surface area contributed by atoms with E-state index in [1.54, 1.807) is 23.5 Å². The molecule has 0 bridgehead atoms. The minimum atomic E-state index is -4.72. The average Bonchev–Trinajstić information content (AvgIpc) is 2.95. The van der Waals surface area contributed by atoms with Crippen molar-refractivity contribution in [2.75, 3.05) is 0 Å². The molecule has 0 aliphatic carbocycles. The lowest BCUT2D eigenvalue weighted by atomic mass is 10.1. The quantitative estimate of drug-likeness (QED) is 0.793. The molecule has 2 aromatic heterocycles. The summed E-state index contributed by atoms with van der Waals surface area (Å²) in [6.07, 6.45) is 1.23. The molecule has 3 N–H and O–H groups in total. The van der Waals surface area contributed by atoms with Crippen LogP contribution in [-0.2, 0) is 0 Å². The fourth-order valence-corrected chi connectivity index (χ4v) is 2.79. The third kappa shape index (κ3) is 4.29. The molecule has 2 rings (SSSR count). The number of hydrogen-bond donors (Lipinski definition) is 2. The summed E-state index contributed by atoms with van der Waals surface area (Å²) in [6.45, 7) is 1.92. The molecule has 0 fully saturated rings. The molecule has 120 valence electrons. The molecule has 0 saturated heterocycles. The molecule has 0 aromatic carbocycles. The Balaban J connectivity index is 2.32. The Labute approximate surface area is 135 Å². The third-order valence-electron chi connectivity index (χ3n) is 2.90. The zero-order valence-electron chi connectivity index (χ0n) is 12.2. The maximum absolute atomic E-state index is 12.4. The van der Waals surface area contributed by atoms with Crippen LogP contribution in [0.15, 0.2) is 42.6 Å². The van der Waals surface area contributed by atoms with Crippen molar-refractivity contribution in [2.45, 2.75) is 13.1 Å². The molecular formula is C16H14F3N3S. The van der Waals surface area contributed by atoms with Gasteiger partial charge in [-0.3, -0.25) is 10.4 Å². The van der Waals surface area contributed by atoms with Crippen molar-refractivity contribution in [1.29, 1.82) is 5.41 Å². The van der Waals surface area contributed by atoms with E-state index in [0.29, 0.717) is 6.08 Å². The first-order valence-corrected chi connectivity index (χ1v) is 7.45. The lowest BCUT2D eigenvalue weighted by molar-refractivity contribution is -0.0583.